The fraction of sp³-hybridized carbons (Fsp3) is 0.952. The maximum atomic E-state index is 13.1. The molecule has 19 heteroatoms. The molecule has 0 rings (SSSR count). The number of ether oxygens (including phenoxy) is 4. The Kier molecular flexibility index (Phi) is 70.6. The Morgan fingerprint density at radius 2 is 0.471 bits per heavy atom. The molecule has 0 aromatic heterocycles. The third-order valence-corrected chi connectivity index (χ3v) is 21.9. The van der Waals surface area contributed by atoms with Crippen LogP contribution in [0.15, 0.2) is 0 Å². The molecule has 0 saturated carbocycles. The standard InChI is InChI=1S/C83H162O17P2/c1-9-75(7)61-53-45-36-32-28-24-20-16-12-14-17-21-25-29-33-37-47-55-63-80(85)93-69-79(100-83(88)66-58-50-41-39-44-52-60-74(5)6)72-98-102(91,92)96-68-77(84)67-95-101(89,90)97-71-78(70-94-81(86)64-56-48-42-40-46-54-62-76(8)10-2)99-82(87)65-57-49-38-34-30-26-22-18-13-11-15-19-23-27-31-35-43-51-59-73(3)4/h73-79,84H,9-72H2,1-8H3,(H,89,90)(H,91,92)/t75?,76?,77-,78+,79+/m0/s1. The largest absolute Gasteiger partial charge is 0.472 e. The fourth-order valence-corrected chi connectivity index (χ4v) is 14.3. The van der Waals surface area contributed by atoms with Crippen molar-refractivity contribution >= 4 is 39.5 Å². The minimum Gasteiger partial charge on any atom is -0.462 e. The summed E-state index contributed by atoms with van der Waals surface area (Å²) in [5, 5.41) is 10.6. The lowest BCUT2D eigenvalue weighted by molar-refractivity contribution is -0.161. The quantitative estimate of drug-likeness (QED) is 0.0222. The molecule has 606 valence electrons. The molecule has 0 aliphatic rings. The van der Waals surface area contributed by atoms with Crippen molar-refractivity contribution in [2.24, 2.45) is 23.7 Å². The highest BCUT2D eigenvalue weighted by Gasteiger charge is 2.30. The van der Waals surface area contributed by atoms with E-state index in [9.17, 15) is 43.2 Å². The lowest BCUT2D eigenvalue weighted by Gasteiger charge is -2.21. The minimum atomic E-state index is -4.96. The van der Waals surface area contributed by atoms with E-state index < -0.39 is 97.5 Å². The molecule has 0 aromatic carbocycles. The second-order valence-corrected chi connectivity index (χ2v) is 34.2. The van der Waals surface area contributed by atoms with E-state index in [0.717, 1.165) is 114 Å². The summed E-state index contributed by atoms with van der Waals surface area (Å²) in [6.45, 7) is 14.2. The molecule has 0 saturated heterocycles. The van der Waals surface area contributed by atoms with Crippen LogP contribution in [0.5, 0.6) is 0 Å². The van der Waals surface area contributed by atoms with Gasteiger partial charge in [0.2, 0.25) is 0 Å². The van der Waals surface area contributed by atoms with Crippen molar-refractivity contribution in [3.8, 4) is 0 Å². The average molecular weight is 1490 g/mol. The topological polar surface area (TPSA) is 237 Å². The molecule has 0 fully saturated rings. The number of carbonyl (C=O) groups excluding carboxylic acids is 4. The van der Waals surface area contributed by atoms with Crippen LogP contribution in [-0.4, -0.2) is 96.7 Å². The number of esters is 4. The fourth-order valence-electron chi connectivity index (χ4n) is 12.7. The van der Waals surface area contributed by atoms with Crippen LogP contribution < -0.4 is 0 Å². The van der Waals surface area contributed by atoms with Gasteiger partial charge in [-0.15, -0.1) is 0 Å². The number of hydrogen-bond acceptors (Lipinski definition) is 15. The normalized spacial score (nSPS) is 14.5. The lowest BCUT2D eigenvalue weighted by atomic mass is 9.99. The molecule has 0 aliphatic carbocycles. The summed E-state index contributed by atoms with van der Waals surface area (Å²) < 4.78 is 68.6. The molecule has 3 N–H and O–H groups in total. The van der Waals surface area contributed by atoms with Gasteiger partial charge in [-0.05, 0) is 49.4 Å². The van der Waals surface area contributed by atoms with Crippen LogP contribution in [0.4, 0.5) is 0 Å². The first kappa shape index (κ1) is 100. The second kappa shape index (κ2) is 72.0. The third-order valence-electron chi connectivity index (χ3n) is 20.0. The molecule has 0 aliphatic heterocycles. The Labute approximate surface area is 626 Å². The van der Waals surface area contributed by atoms with Gasteiger partial charge in [0.15, 0.2) is 12.2 Å². The summed E-state index contributed by atoms with van der Waals surface area (Å²) >= 11 is 0. The van der Waals surface area contributed by atoms with Gasteiger partial charge in [-0.3, -0.25) is 37.3 Å². The number of rotatable bonds is 80. The van der Waals surface area contributed by atoms with E-state index in [1.54, 1.807) is 0 Å². The van der Waals surface area contributed by atoms with Crippen LogP contribution in [0.3, 0.4) is 0 Å². The van der Waals surface area contributed by atoms with E-state index in [2.05, 4.69) is 55.4 Å². The van der Waals surface area contributed by atoms with E-state index in [1.807, 2.05) is 0 Å². The van der Waals surface area contributed by atoms with E-state index in [1.165, 1.54) is 225 Å². The first-order valence-electron chi connectivity index (χ1n) is 42.8. The number of phosphoric acid groups is 2. The predicted molar refractivity (Wildman–Crippen MR) is 418 cm³/mol. The zero-order valence-electron chi connectivity index (χ0n) is 67.2. The second-order valence-electron chi connectivity index (χ2n) is 31.3. The zero-order chi connectivity index (χ0) is 75.3. The van der Waals surface area contributed by atoms with Crippen LogP contribution in [-0.2, 0) is 65.4 Å². The Balaban J connectivity index is 5.08. The summed E-state index contributed by atoms with van der Waals surface area (Å²) in [6, 6.07) is 0. The molecule has 4 unspecified atom stereocenters. The van der Waals surface area contributed by atoms with Crippen molar-refractivity contribution in [2.75, 3.05) is 39.6 Å². The molecule has 17 nitrogen and oxygen atoms in total. The van der Waals surface area contributed by atoms with Crippen molar-refractivity contribution in [1.29, 1.82) is 0 Å². The van der Waals surface area contributed by atoms with Gasteiger partial charge in [-0.25, -0.2) is 9.13 Å². The molecule has 0 radical (unpaired) electrons. The molecular formula is C83H162O17P2. The van der Waals surface area contributed by atoms with Crippen molar-refractivity contribution in [2.45, 2.75) is 446 Å². The Morgan fingerprint density at radius 1 is 0.275 bits per heavy atom. The molecule has 102 heavy (non-hydrogen) atoms. The Bertz CT molecular complexity index is 1990. The van der Waals surface area contributed by atoms with Crippen molar-refractivity contribution in [3.63, 3.8) is 0 Å². The number of aliphatic hydroxyl groups is 1. The van der Waals surface area contributed by atoms with Gasteiger partial charge in [0.1, 0.15) is 19.3 Å². The molecule has 0 heterocycles. The summed E-state index contributed by atoms with van der Waals surface area (Å²) in [6.07, 6.45) is 60.1. The van der Waals surface area contributed by atoms with Gasteiger partial charge in [0, 0.05) is 25.7 Å². The van der Waals surface area contributed by atoms with Gasteiger partial charge < -0.3 is 33.8 Å². The molecular weight excluding hydrogens is 1330 g/mol. The van der Waals surface area contributed by atoms with E-state index >= 15 is 0 Å². The van der Waals surface area contributed by atoms with Crippen LogP contribution in [0, 0.1) is 23.7 Å². The highest BCUT2D eigenvalue weighted by molar-refractivity contribution is 7.47. The van der Waals surface area contributed by atoms with Crippen LogP contribution in [0.25, 0.3) is 0 Å². The third kappa shape index (κ3) is 73.6. The lowest BCUT2D eigenvalue weighted by Crippen LogP contribution is -2.30. The number of unbranched alkanes of at least 4 members (excludes halogenated alkanes) is 44. The van der Waals surface area contributed by atoms with Crippen LogP contribution >= 0.6 is 15.6 Å². The van der Waals surface area contributed by atoms with E-state index in [4.69, 9.17) is 37.0 Å². The molecule has 7 atom stereocenters. The van der Waals surface area contributed by atoms with Gasteiger partial charge in [-0.1, -0.05) is 376 Å². The first-order valence-corrected chi connectivity index (χ1v) is 45.8. The van der Waals surface area contributed by atoms with E-state index in [0.29, 0.717) is 31.6 Å². The monoisotopic (exact) mass is 1490 g/mol. The summed E-state index contributed by atoms with van der Waals surface area (Å²) in [5.41, 5.74) is 0. The van der Waals surface area contributed by atoms with Crippen molar-refractivity contribution in [1.82, 2.24) is 0 Å². The van der Waals surface area contributed by atoms with Gasteiger partial charge >= 0.3 is 39.5 Å². The maximum absolute atomic E-state index is 13.1. The Hall–Kier alpha value is -1.94. The number of hydrogen-bond donors (Lipinski definition) is 3. The smallest absolute Gasteiger partial charge is 0.462 e. The van der Waals surface area contributed by atoms with Crippen LogP contribution in [0.2, 0.25) is 0 Å². The summed E-state index contributed by atoms with van der Waals surface area (Å²) in [5.74, 6) is 0.974. The van der Waals surface area contributed by atoms with Gasteiger partial charge in [0.05, 0.1) is 26.4 Å². The van der Waals surface area contributed by atoms with Crippen molar-refractivity contribution in [3.05, 3.63) is 0 Å². The van der Waals surface area contributed by atoms with Gasteiger partial charge in [0.25, 0.3) is 0 Å². The number of carbonyl (C=O) groups is 4. The van der Waals surface area contributed by atoms with Crippen LogP contribution in [0.1, 0.15) is 428 Å². The highest BCUT2D eigenvalue weighted by Crippen LogP contribution is 2.45. The van der Waals surface area contributed by atoms with Gasteiger partial charge in [-0.2, -0.15) is 0 Å². The number of aliphatic hydroxyl groups excluding tert-OH is 1. The number of phosphoric ester groups is 2. The SMILES string of the molecule is CCC(C)CCCCCCCCCCCCCCCCCCCCC(=O)OC[C@H](COP(=O)(O)OC[C@@H](O)COP(=O)(O)OC[C@@H](COC(=O)CCCCCCCCC(C)CC)OC(=O)CCCCCCCCCCCCCCCCCCCCC(C)C)OC(=O)CCCCCCCCC(C)C. The molecule has 0 amide bonds. The molecule has 0 spiro atoms. The maximum Gasteiger partial charge on any atom is 0.472 e. The molecule has 0 bridgehead atoms. The summed E-state index contributed by atoms with van der Waals surface area (Å²) in [7, 11) is -9.92. The Morgan fingerprint density at radius 3 is 0.696 bits per heavy atom. The van der Waals surface area contributed by atoms with E-state index in [-0.39, 0.29) is 25.7 Å². The minimum absolute atomic E-state index is 0.102. The zero-order valence-corrected chi connectivity index (χ0v) is 69.0. The highest BCUT2D eigenvalue weighted by atomic mass is 31.2. The van der Waals surface area contributed by atoms with Crippen molar-refractivity contribution < 1.29 is 80.2 Å². The molecule has 0 aromatic rings. The first-order chi connectivity index (χ1) is 49.2. The predicted octanol–water partition coefficient (Wildman–Crippen LogP) is 24.8. The average Bonchev–Trinajstić information content (AvgIpc) is 0.913. The summed E-state index contributed by atoms with van der Waals surface area (Å²) in [4.78, 5) is 72.9.